The summed E-state index contributed by atoms with van der Waals surface area (Å²) in [5.74, 6) is 1.58. The summed E-state index contributed by atoms with van der Waals surface area (Å²) in [4.78, 5) is 20.3. The van der Waals surface area contributed by atoms with Gasteiger partial charge in [0.15, 0.2) is 5.82 Å². The molecule has 0 aliphatic heterocycles. The Hall–Kier alpha value is -3.02. The molecule has 0 spiro atoms. The SMILES string of the molecule is CCCn1nc(CCC(C)C)nc1Cc1ccc(-c2cnccc2C(=O)O)cc1. The molecule has 152 valence electrons. The molecule has 0 radical (unpaired) electrons. The highest BCUT2D eigenvalue weighted by Gasteiger charge is 2.13. The van der Waals surface area contributed by atoms with Crippen molar-refractivity contribution in [1.29, 1.82) is 0 Å². The normalized spacial score (nSPS) is 11.2. The lowest BCUT2D eigenvalue weighted by Gasteiger charge is -2.08. The van der Waals surface area contributed by atoms with Gasteiger partial charge in [-0.2, -0.15) is 5.10 Å². The molecular weight excluding hydrogens is 364 g/mol. The van der Waals surface area contributed by atoms with Crippen molar-refractivity contribution in [3.63, 3.8) is 0 Å². The molecule has 0 saturated carbocycles. The molecule has 0 amide bonds. The third kappa shape index (κ3) is 5.28. The molecule has 3 rings (SSSR count). The van der Waals surface area contributed by atoms with Crippen molar-refractivity contribution < 1.29 is 9.90 Å². The number of aromatic carboxylic acids is 1. The van der Waals surface area contributed by atoms with E-state index in [-0.39, 0.29) is 5.56 Å². The maximum atomic E-state index is 11.5. The molecule has 1 aromatic carbocycles. The summed E-state index contributed by atoms with van der Waals surface area (Å²) in [7, 11) is 0. The molecule has 3 aromatic rings. The minimum absolute atomic E-state index is 0.255. The molecule has 0 fully saturated rings. The second-order valence-electron chi connectivity index (χ2n) is 7.70. The number of benzene rings is 1. The largest absolute Gasteiger partial charge is 0.478 e. The standard InChI is InChI=1S/C23H28N4O2/c1-4-13-27-22(25-21(26-27)10-5-16(2)3)14-17-6-8-18(9-7-17)20-15-24-12-11-19(20)23(28)29/h6-9,11-12,15-16H,4-5,10,13-14H2,1-3H3,(H,28,29). The van der Waals surface area contributed by atoms with Gasteiger partial charge < -0.3 is 5.11 Å². The topological polar surface area (TPSA) is 80.9 Å². The van der Waals surface area contributed by atoms with Crippen LogP contribution in [0.5, 0.6) is 0 Å². The molecule has 0 aliphatic rings. The predicted molar refractivity (Wildman–Crippen MR) is 113 cm³/mol. The van der Waals surface area contributed by atoms with Gasteiger partial charge in [0.05, 0.1) is 5.56 Å². The van der Waals surface area contributed by atoms with Crippen LogP contribution in [-0.4, -0.2) is 30.8 Å². The third-order valence-electron chi connectivity index (χ3n) is 4.85. The lowest BCUT2D eigenvalue weighted by molar-refractivity contribution is 0.0697. The van der Waals surface area contributed by atoms with Crippen molar-refractivity contribution in [3.8, 4) is 11.1 Å². The van der Waals surface area contributed by atoms with Gasteiger partial charge in [-0.05, 0) is 36.0 Å². The van der Waals surface area contributed by atoms with Gasteiger partial charge in [0.2, 0.25) is 0 Å². The van der Waals surface area contributed by atoms with Crippen LogP contribution >= 0.6 is 0 Å². The van der Waals surface area contributed by atoms with Gasteiger partial charge in [-0.15, -0.1) is 0 Å². The van der Waals surface area contributed by atoms with E-state index in [2.05, 4.69) is 25.8 Å². The van der Waals surface area contributed by atoms with Crippen molar-refractivity contribution in [1.82, 2.24) is 19.7 Å². The number of carboxylic acids is 1. The van der Waals surface area contributed by atoms with Crippen molar-refractivity contribution in [2.24, 2.45) is 5.92 Å². The molecule has 2 aromatic heterocycles. The summed E-state index contributed by atoms with van der Waals surface area (Å²) in [6.45, 7) is 7.43. The first-order valence-electron chi connectivity index (χ1n) is 10.2. The highest BCUT2D eigenvalue weighted by Crippen LogP contribution is 2.24. The Bertz CT molecular complexity index is 961. The zero-order chi connectivity index (χ0) is 20.8. The Morgan fingerprint density at radius 1 is 1.17 bits per heavy atom. The van der Waals surface area contributed by atoms with Crippen LogP contribution in [0.25, 0.3) is 11.1 Å². The van der Waals surface area contributed by atoms with Gasteiger partial charge in [-0.25, -0.2) is 14.5 Å². The lowest BCUT2D eigenvalue weighted by atomic mass is 10.00. The van der Waals surface area contributed by atoms with Gasteiger partial charge in [-0.1, -0.05) is 45.0 Å². The Labute approximate surface area is 171 Å². The van der Waals surface area contributed by atoms with E-state index in [1.165, 1.54) is 12.3 Å². The van der Waals surface area contributed by atoms with E-state index < -0.39 is 5.97 Å². The van der Waals surface area contributed by atoms with Crippen molar-refractivity contribution in [2.45, 2.75) is 53.0 Å². The first-order valence-corrected chi connectivity index (χ1v) is 10.2. The maximum absolute atomic E-state index is 11.5. The van der Waals surface area contributed by atoms with Gasteiger partial charge in [0.1, 0.15) is 5.82 Å². The van der Waals surface area contributed by atoms with Gasteiger partial charge >= 0.3 is 5.97 Å². The van der Waals surface area contributed by atoms with E-state index in [4.69, 9.17) is 10.1 Å². The molecule has 0 aliphatic carbocycles. The molecule has 0 bridgehead atoms. The minimum Gasteiger partial charge on any atom is -0.478 e. The van der Waals surface area contributed by atoms with E-state index >= 15 is 0 Å². The minimum atomic E-state index is -0.951. The maximum Gasteiger partial charge on any atom is 0.336 e. The van der Waals surface area contributed by atoms with Crippen LogP contribution in [0.2, 0.25) is 0 Å². The number of hydrogen-bond acceptors (Lipinski definition) is 4. The number of pyridine rings is 1. The average Bonchev–Trinajstić information content (AvgIpc) is 3.08. The second kappa shape index (κ2) is 9.45. The Balaban J connectivity index is 1.80. The molecule has 0 saturated heterocycles. The number of carboxylic acid groups (broad SMARTS) is 1. The molecule has 6 heteroatoms. The van der Waals surface area contributed by atoms with Crippen LogP contribution in [0.1, 0.15) is 61.2 Å². The molecule has 0 unspecified atom stereocenters. The summed E-state index contributed by atoms with van der Waals surface area (Å²) in [6, 6.07) is 9.45. The number of aryl methyl sites for hydroxylation is 2. The van der Waals surface area contributed by atoms with Crippen molar-refractivity contribution >= 4 is 5.97 Å². The number of carbonyl (C=O) groups is 1. The number of nitrogens with zero attached hydrogens (tertiary/aromatic N) is 4. The summed E-state index contributed by atoms with van der Waals surface area (Å²) < 4.78 is 2.02. The van der Waals surface area contributed by atoms with Gasteiger partial charge in [-0.3, -0.25) is 4.98 Å². The zero-order valence-electron chi connectivity index (χ0n) is 17.3. The smallest absolute Gasteiger partial charge is 0.336 e. The Morgan fingerprint density at radius 3 is 2.59 bits per heavy atom. The highest BCUT2D eigenvalue weighted by molar-refractivity contribution is 5.95. The van der Waals surface area contributed by atoms with Crippen LogP contribution in [0.15, 0.2) is 42.7 Å². The van der Waals surface area contributed by atoms with Crippen LogP contribution in [0, 0.1) is 5.92 Å². The molecule has 0 atom stereocenters. The van der Waals surface area contributed by atoms with Crippen molar-refractivity contribution in [3.05, 3.63) is 65.5 Å². The Morgan fingerprint density at radius 2 is 1.93 bits per heavy atom. The zero-order valence-corrected chi connectivity index (χ0v) is 17.3. The van der Waals surface area contributed by atoms with E-state index in [0.29, 0.717) is 17.9 Å². The monoisotopic (exact) mass is 392 g/mol. The second-order valence-corrected chi connectivity index (χ2v) is 7.70. The third-order valence-corrected chi connectivity index (χ3v) is 4.85. The molecule has 2 heterocycles. The Kier molecular flexibility index (Phi) is 6.75. The van der Waals surface area contributed by atoms with Crippen molar-refractivity contribution in [2.75, 3.05) is 0 Å². The van der Waals surface area contributed by atoms with E-state index in [9.17, 15) is 9.90 Å². The quantitative estimate of drug-likeness (QED) is 0.574. The first kappa shape index (κ1) is 20.7. The summed E-state index contributed by atoms with van der Waals surface area (Å²) >= 11 is 0. The fraction of sp³-hybridized carbons (Fsp3) is 0.391. The van der Waals surface area contributed by atoms with Crippen LogP contribution in [-0.2, 0) is 19.4 Å². The molecule has 6 nitrogen and oxygen atoms in total. The predicted octanol–water partition coefficient (Wildman–Crippen LogP) is 4.63. The first-order chi connectivity index (χ1) is 14.0. The average molecular weight is 393 g/mol. The summed E-state index contributed by atoms with van der Waals surface area (Å²) in [5, 5.41) is 14.1. The number of aromatic nitrogens is 4. The van der Waals surface area contributed by atoms with Crippen LogP contribution in [0.4, 0.5) is 0 Å². The fourth-order valence-electron chi connectivity index (χ4n) is 3.27. The lowest BCUT2D eigenvalue weighted by Crippen LogP contribution is -2.06. The fourth-order valence-corrected chi connectivity index (χ4v) is 3.27. The summed E-state index contributed by atoms with van der Waals surface area (Å²) in [5.41, 5.74) is 2.84. The van der Waals surface area contributed by atoms with E-state index in [0.717, 1.165) is 48.6 Å². The van der Waals surface area contributed by atoms with Crippen LogP contribution in [0.3, 0.4) is 0 Å². The molecule has 29 heavy (non-hydrogen) atoms. The molecule has 1 N–H and O–H groups in total. The number of hydrogen-bond donors (Lipinski definition) is 1. The van der Waals surface area contributed by atoms with E-state index in [1.54, 1.807) is 6.20 Å². The van der Waals surface area contributed by atoms with Gasteiger partial charge in [0.25, 0.3) is 0 Å². The number of rotatable bonds is 9. The van der Waals surface area contributed by atoms with E-state index in [1.807, 2.05) is 28.9 Å². The van der Waals surface area contributed by atoms with Gasteiger partial charge in [0, 0.05) is 37.3 Å². The molecular formula is C23H28N4O2. The highest BCUT2D eigenvalue weighted by atomic mass is 16.4. The summed E-state index contributed by atoms with van der Waals surface area (Å²) in [6.07, 6.45) is 6.79. The van der Waals surface area contributed by atoms with Crippen LogP contribution < -0.4 is 0 Å².